The summed E-state index contributed by atoms with van der Waals surface area (Å²) >= 11 is 0. The average Bonchev–Trinajstić information content (AvgIpc) is 3.40. The van der Waals surface area contributed by atoms with Gasteiger partial charge >= 0.3 is 0 Å². The van der Waals surface area contributed by atoms with Crippen LogP contribution in [0.1, 0.15) is 45.1 Å². The number of pyridine rings is 1. The smallest absolute Gasteiger partial charge is 0.269 e. The lowest BCUT2D eigenvalue weighted by Gasteiger charge is -2.40. The summed E-state index contributed by atoms with van der Waals surface area (Å²) in [6, 6.07) is 13.6. The monoisotopic (exact) mass is 532 g/mol. The first-order chi connectivity index (χ1) is 18.7. The molecule has 1 aliphatic rings. The largest absolute Gasteiger partial charge is 0.494 e. The van der Waals surface area contributed by atoms with E-state index in [-0.39, 0.29) is 11.2 Å². The molecule has 0 spiro atoms. The van der Waals surface area contributed by atoms with Crippen molar-refractivity contribution in [3.63, 3.8) is 0 Å². The van der Waals surface area contributed by atoms with Gasteiger partial charge < -0.3 is 14.6 Å². The summed E-state index contributed by atoms with van der Waals surface area (Å²) in [5.41, 5.74) is 1.67. The summed E-state index contributed by atoms with van der Waals surface area (Å²) in [7, 11) is 0. The fourth-order valence-corrected chi connectivity index (χ4v) is 5.03. The number of rotatable bonds is 7. The lowest BCUT2D eigenvalue weighted by Crippen LogP contribution is -2.49. The van der Waals surface area contributed by atoms with Crippen molar-refractivity contribution in [2.24, 2.45) is 0 Å². The van der Waals surface area contributed by atoms with E-state index in [0.717, 1.165) is 22.3 Å². The highest BCUT2D eigenvalue weighted by Crippen LogP contribution is 2.31. The van der Waals surface area contributed by atoms with Crippen LogP contribution >= 0.6 is 0 Å². The van der Waals surface area contributed by atoms with Crippen molar-refractivity contribution in [2.75, 3.05) is 37.7 Å². The van der Waals surface area contributed by atoms with Gasteiger partial charge in [-0.15, -0.1) is 5.10 Å². The predicted octanol–water partition coefficient (Wildman–Crippen LogP) is 3.49. The van der Waals surface area contributed by atoms with E-state index in [2.05, 4.69) is 30.3 Å². The van der Waals surface area contributed by atoms with Gasteiger partial charge in [-0.2, -0.15) is 0 Å². The zero-order valence-electron chi connectivity index (χ0n) is 22.5. The number of nitro groups is 1. The van der Waals surface area contributed by atoms with Crippen molar-refractivity contribution in [2.45, 2.75) is 39.3 Å². The molecule has 3 heterocycles. The van der Waals surface area contributed by atoms with E-state index in [1.807, 2.05) is 52.0 Å². The molecule has 1 atom stereocenters. The van der Waals surface area contributed by atoms with Gasteiger partial charge in [-0.3, -0.25) is 19.8 Å². The second-order valence-corrected chi connectivity index (χ2v) is 10.6. The van der Waals surface area contributed by atoms with E-state index in [1.165, 1.54) is 12.1 Å². The van der Waals surface area contributed by atoms with E-state index in [9.17, 15) is 14.9 Å². The first-order valence-corrected chi connectivity index (χ1v) is 13.0. The van der Waals surface area contributed by atoms with Crippen LogP contribution in [-0.4, -0.2) is 67.8 Å². The normalized spacial score (nSPS) is 15.4. The van der Waals surface area contributed by atoms with Crippen LogP contribution in [0.3, 0.4) is 0 Å². The van der Waals surface area contributed by atoms with Gasteiger partial charge in [0.25, 0.3) is 11.2 Å². The highest BCUT2D eigenvalue weighted by atomic mass is 16.6. The molecule has 1 aliphatic heterocycles. The summed E-state index contributed by atoms with van der Waals surface area (Å²) in [4.78, 5) is 31.6. The molecular weight excluding hydrogens is 500 g/mol. The minimum atomic E-state index is -0.484. The SMILES string of the molecule is CCOc1ccc2[nH]c(=O)c([C@@H](c3nnnn3C(C)(C)C)N3CCN(c4ccc([N+](=O)[O-])cc4)CC3)cc2c1. The Balaban J connectivity index is 1.52. The van der Waals surface area contributed by atoms with Gasteiger partial charge in [0.15, 0.2) is 5.82 Å². The van der Waals surface area contributed by atoms with Gasteiger partial charge in [-0.1, -0.05) is 0 Å². The molecule has 0 aliphatic carbocycles. The first kappa shape index (κ1) is 26.3. The molecule has 5 rings (SSSR count). The lowest BCUT2D eigenvalue weighted by atomic mass is 10.0. The zero-order valence-corrected chi connectivity index (χ0v) is 22.5. The Bertz CT molecular complexity index is 1530. The van der Waals surface area contributed by atoms with Crippen LogP contribution in [0.15, 0.2) is 53.3 Å². The maximum absolute atomic E-state index is 13.5. The van der Waals surface area contributed by atoms with E-state index in [4.69, 9.17) is 4.74 Å². The molecule has 0 saturated carbocycles. The molecule has 1 N–H and O–H groups in total. The predicted molar refractivity (Wildman–Crippen MR) is 147 cm³/mol. The van der Waals surface area contributed by atoms with E-state index >= 15 is 0 Å². The minimum Gasteiger partial charge on any atom is -0.494 e. The molecule has 2 aromatic heterocycles. The molecular formula is C27H32N8O4. The lowest BCUT2D eigenvalue weighted by molar-refractivity contribution is -0.384. The zero-order chi connectivity index (χ0) is 27.7. The maximum atomic E-state index is 13.5. The summed E-state index contributed by atoms with van der Waals surface area (Å²) in [5.74, 6) is 1.33. The highest BCUT2D eigenvalue weighted by Gasteiger charge is 2.35. The number of fused-ring (bicyclic) bond motifs is 1. The van der Waals surface area contributed by atoms with Crippen LogP contribution in [0, 0.1) is 10.1 Å². The molecule has 0 radical (unpaired) electrons. The van der Waals surface area contributed by atoms with Crippen molar-refractivity contribution in [1.82, 2.24) is 30.1 Å². The molecule has 0 unspecified atom stereocenters. The Morgan fingerprint density at radius 3 is 2.44 bits per heavy atom. The Labute approximate surface area is 225 Å². The van der Waals surface area contributed by atoms with Crippen molar-refractivity contribution in [1.29, 1.82) is 0 Å². The second kappa shape index (κ2) is 10.4. The van der Waals surface area contributed by atoms with Crippen LogP contribution in [0.4, 0.5) is 11.4 Å². The number of hydrogen-bond acceptors (Lipinski definition) is 9. The molecule has 4 aromatic rings. The summed E-state index contributed by atoms with van der Waals surface area (Å²) in [6.45, 7) is 11.2. The fourth-order valence-electron chi connectivity index (χ4n) is 5.03. The van der Waals surface area contributed by atoms with Crippen LogP contribution in [0.2, 0.25) is 0 Å². The van der Waals surface area contributed by atoms with Crippen molar-refractivity contribution >= 4 is 22.3 Å². The molecule has 204 valence electrons. The summed E-state index contributed by atoms with van der Waals surface area (Å²) in [5, 5.41) is 24.6. The number of tetrazole rings is 1. The molecule has 1 saturated heterocycles. The van der Waals surface area contributed by atoms with Crippen molar-refractivity contribution < 1.29 is 9.66 Å². The number of ether oxygens (including phenoxy) is 1. The maximum Gasteiger partial charge on any atom is 0.269 e. The number of benzene rings is 2. The molecule has 12 nitrogen and oxygen atoms in total. The van der Waals surface area contributed by atoms with Gasteiger partial charge in [0.1, 0.15) is 11.8 Å². The van der Waals surface area contributed by atoms with E-state index in [1.54, 1.807) is 16.8 Å². The molecule has 39 heavy (non-hydrogen) atoms. The number of nitrogens with zero attached hydrogens (tertiary/aromatic N) is 7. The third-order valence-corrected chi connectivity index (χ3v) is 6.93. The third-order valence-electron chi connectivity index (χ3n) is 6.93. The van der Waals surface area contributed by atoms with Gasteiger partial charge in [0, 0.05) is 60.5 Å². The van der Waals surface area contributed by atoms with Crippen molar-refractivity contribution in [3.8, 4) is 5.75 Å². The van der Waals surface area contributed by atoms with Crippen LogP contribution < -0.4 is 15.2 Å². The number of aromatic nitrogens is 5. The molecule has 0 bridgehead atoms. The van der Waals surface area contributed by atoms with E-state index in [0.29, 0.717) is 44.2 Å². The molecule has 1 fully saturated rings. The van der Waals surface area contributed by atoms with Gasteiger partial charge in [-0.25, -0.2) is 4.68 Å². The Kier molecular flexibility index (Phi) is 7.04. The second-order valence-electron chi connectivity index (χ2n) is 10.6. The van der Waals surface area contributed by atoms with E-state index < -0.39 is 16.5 Å². The highest BCUT2D eigenvalue weighted by molar-refractivity contribution is 5.80. The van der Waals surface area contributed by atoms with Gasteiger partial charge in [-0.05, 0) is 74.5 Å². The molecule has 2 aromatic carbocycles. The van der Waals surface area contributed by atoms with Crippen LogP contribution in [0.25, 0.3) is 10.9 Å². The standard InChI is InChI=1S/C27H32N8O4/c1-5-39-21-10-11-23-18(16-21)17-22(26(36)28-23)24(25-29-30-31-34(25)27(2,3)4)33-14-12-32(13-15-33)19-6-8-20(9-7-19)35(37)38/h6-11,16-17,24H,5,12-15H2,1-4H3,(H,28,36)/t24-/m0/s1. The van der Waals surface area contributed by atoms with Gasteiger partial charge in [0.05, 0.1) is 17.1 Å². The Morgan fingerprint density at radius 1 is 1.08 bits per heavy atom. The van der Waals surface area contributed by atoms with Crippen LogP contribution in [-0.2, 0) is 5.54 Å². The summed E-state index contributed by atoms with van der Waals surface area (Å²) < 4.78 is 7.47. The number of nitrogens with one attached hydrogen (secondary N) is 1. The first-order valence-electron chi connectivity index (χ1n) is 13.0. The minimum absolute atomic E-state index is 0.0643. The third kappa shape index (κ3) is 5.32. The number of non-ortho nitro benzene ring substituents is 1. The van der Waals surface area contributed by atoms with Crippen LogP contribution in [0.5, 0.6) is 5.75 Å². The fraction of sp³-hybridized carbons (Fsp3) is 0.407. The number of aromatic amines is 1. The average molecular weight is 533 g/mol. The van der Waals surface area contributed by atoms with Crippen molar-refractivity contribution in [3.05, 3.63) is 80.4 Å². The quantitative estimate of drug-likeness (QED) is 0.280. The molecule has 0 amide bonds. The Hall–Kier alpha value is -4.32. The number of nitro benzene ring substituents is 1. The number of anilines is 1. The number of piperazine rings is 1. The number of H-pyrrole nitrogens is 1. The topological polar surface area (TPSA) is 135 Å². The molecule has 12 heteroatoms. The van der Waals surface area contributed by atoms with Gasteiger partial charge in [0.2, 0.25) is 0 Å². The Morgan fingerprint density at radius 2 is 1.79 bits per heavy atom. The number of hydrogen-bond donors (Lipinski definition) is 1. The summed E-state index contributed by atoms with van der Waals surface area (Å²) in [6.07, 6.45) is 0.